The van der Waals surface area contributed by atoms with E-state index in [4.69, 9.17) is 5.73 Å². The van der Waals surface area contributed by atoms with Gasteiger partial charge in [0, 0.05) is 5.75 Å². The van der Waals surface area contributed by atoms with Gasteiger partial charge in [0.05, 0.1) is 5.39 Å². The first-order chi connectivity index (χ1) is 9.76. The second-order valence-electron chi connectivity index (χ2n) is 4.49. The Kier molecular flexibility index (Phi) is 3.89. The number of anilines is 1. The second-order valence-corrected chi connectivity index (χ2v) is 6.33. The molecule has 0 atom stereocenters. The van der Waals surface area contributed by atoms with Crippen LogP contribution in [0.5, 0.6) is 0 Å². The molecule has 0 fully saturated rings. The van der Waals surface area contributed by atoms with Gasteiger partial charge in [0.15, 0.2) is 5.16 Å². The summed E-state index contributed by atoms with van der Waals surface area (Å²) in [5.74, 6) is 1.43. The number of hydrogen-bond donors (Lipinski definition) is 1. The van der Waals surface area contributed by atoms with Crippen molar-refractivity contribution in [3.8, 4) is 0 Å². The van der Waals surface area contributed by atoms with Gasteiger partial charge in [-0.25, -0.2) is 9.97 Å². The van der Waals surface area contributed by atoms with Crippen LogP contribution in [0, 0.1) is 0 Å². The molecule has 1 aromatic carbocycles. The van der Waals surface area contributed by atoms with E-state index in [1.54, 1.807) is 23.1 Å². The standard InChI is InChI=1S/C15H15N3S2/c1-2-10-3-5-11(6-4-10)9-20-15-17-13(16)12-7-8-19-14(12)18-15/h3-8H,2,9H2,1H3,(H2,16,17,18). The molecule has 0 saturated carbocycles. The van der Waals surface area contributed by atoms with Crippen molar-refractivity contribution < 1.29 is 0 Å². The number of nitrogen functional groups attached to an aromatic ring is 1. The molecule has 2 heterocycles. The predicted octanol–water partition coefficient (Wildman–Crippen LogP) is 4.13. The van der Waals surface area contributed by atoms with Gasteiger partial charge in [0.2, 0.25) is 0 Å². The van der Waals surface area contributed by atoms with Crippen molar-refractivity contribution >= 4 is 39.1 Å². The highest BCUT2D eigenvalue weighted by molar-refractivity contribution is 7.98. The molecule has 0 saturated heterocycles. The number of benzene rings is 1. The SMILES string of the molecule is CCc1ccc(CSc2nc(N)c3ccsc3n2)cc1. The lowest BCUT2D eigenvalue weighted by atomic mass is 10.1. The van der Waals surface area contributed by atoms with E-state index >= 15 is 0 Å². The Morgan fingerprint density at radius 3 is 2.60 bits per heavy atom. The third kappa shape index (κ3) is 2.78. The summed E-state index contributed by atoms with van der Waals surface area (Å²) in [4.78, 5) is 9.85. The zero-order valence-electron chi connectivity index (χ0n) is 11.2. The van der Waals surface area contributed by atoms with Crippen LogP contribution in [0.25, 0.3) is 10.2 Å². The van der Waals surface area contributed by atoms with Crippen LogP contribution in [-0.4, -0.2) is 9.97 Å². The summed E-state index contributed by atoms with van der Waals surface area (Å²) in [5, 5.41) is 3.69. The maximum atomic E-state index is 5.95. The maximum Gasteiger partial charge on any atom is 0.191 e. The zero-order valence-corrected chi connectivity index (χ0v) is 12.8. The number of nitrogens with zero attached hydrogens (tertiary/aromatic N) is 2. The molecular formula is C15H15N3S2. The second kappa shape index (κ2) is 5.81. The fraction of sp³-hybridized carbons (Fsp3) is 0.200. The van der Waals surface area contributed by atoms with E-state index in [1.165, 1.54) is 11.1 Å². The highest BCUT2D eigenvalue weighted by Crippen LogP contribution is 2.27. The number of fused-ring (bicyclic) bond motifs is 1. The zero-order chi connectivity index (χ0) is 13.9. The Morgan fingerprint density at radius 1 is 1.10 bits per heavy atom. The van der Waals surface area contributed by atoms with E-state index in [9.17, 15) is 0 Å². The topological polar surface area (TPSA) is 51.8 Å². The minimum Gasteiger partial charge on any atom is -0.383 e. The van der Waals surface area contributed by atoms with Gasteiger partial charge in [-0.1, -0.05) is 43.0 Å². The van der Waals surface area contributed by atoms with Gasteiger partial charge in [-0.2, -0.15) is 0 Å². The van der Waals surface area contributed by atoms with Crippen molar-refractivity contribution in [2.75, 3.05) is 5.73 Å². The summed E-state index contributed by atoms with van der Waals surface area (Å²) in [6.07, 6.45) is 1.07. The smallest absolute Gasteiger partial charge is 0.191 e. The predicted molar refractivity (Wildman–Crippen MR) is 87.2 cm³/mol. The van der Waals surface area contributed by atoms with Crippen LogP contribution in [0.2, 0.25) is 0 Å². The molecule has 20 heavy (non-hydrogen) atoms. The lowest BCUT2D eigenvalue weighted by molar-refractivity contribution is 1.02. The molecule has 5 heteroatoms. The highest BCUT2D eigenvalue weighted by Gasteiger charge is 2.07. The van der Waals surface area contributed by atoms with Crippen molar-refractivity contribution in [2.45, 2.75) is 24.3 Å². The van der Waals surface area contributed by atoms with Gasteiger partial charge in [0.25, 0.3) is 0 Å². The molecule has 2 aromatic heterocycles. The average Bonchev–Trinajstić information content (AvgIpc) is 2.94. The molecular weight excluding hydrogens is 286 g/mol. The Bertz CT molecular complexity index is 720. The van der Waals surface area contributed by atoms with Crippen LogP contribution in [0.15, 0.2) is 40.9 Å². The third-order valence-corrected chi connectivity index (χ3v) is 4.86. The number of aryl methyl sites for hydroxylation is 1. The van der Waals surface area contributed by atoms with Crippen molar-refractivity contribution in [3.63, 3.8) is 0 Å². The summed E-state index contributed by atoms with van der Waals surface area (Å²) in [6, 6.07) is 10.6. The summed E-state index contributed by atoms with van der Waals surface area (Å²) >= 11 is 3.22. The Hall–Kier alpha value is -1.59. The molecule has 0 bridgehead atoms. The van der Waals surface area contributed by atoms with Gasteiger partial charge in [-0.15, -0.1) is 11.3 Å². The highest BCUT2D eigenvalue weighted by atomic mass is 32.2. The fourth-order valence-electron chi connectivity index (χ4n) is 1.94. The molecule has 102 valence electrons. The third-order valence-electron chi connectivity index (χ3n) is 3.13. The maximum absolute atomic E-state index is 5.95. The van der Waals surface area contributed by atoms with Crippen LogP contribution in [0.1, 0.15) is 18.1 Å². The van der Waals surface area contributed by atoms with E-state index in [0.29, 0.717) is 5.82 Å². The van der Waals surface area contributed by atoms with Crippen molar-refractivity contribution in [1.29, 1.82) is 0 Å². The number of nitrogens with two attached hydrogens (primary N) is 1. The van der Waals surface area contributed by atoms with Gasteiger partial charge in [-0.05, 0) is 29.0 Å². The van der Waals surface area contributed by atoms with Crippen molar-refractivity contribution in [1.82, 2.24) is 9.97 Å². The van der Waals surface area contributed by atoms with Crippen molar-refractivity contribution in [2.24, 2.45) is 0 Å². The average molecular weight is 301 g/mol. The minimum absolute atomic E-state index is 0.570. The number of thioether (sulfide) groups is 1. The molecule has 3 rings (SSSR count). The molecule has 3 aromatic rings. The number of thiophene rings is 1. The Balaban J connectivity index is 1.75. The molecule has 0 amide bonds. The first kappa shape index (κ1) is 13.4. The first-order valence-corrected chi connectivity index (χ1v) is 8.34. The van der Waals surface area contributed by atoms with Crippen LogP contribution < -0.4 is 5.73 Å². The van der Waals surface area contributed by atoms with Crippen molar-refractivity contribution in [3.05, 3.63) is 46.8 Å². The minimum atomic E-state index is 0.570. The van der Waals surface area contributed by atoms with E-state index in [2.05, 4.69) is 41.2 Å². The lowest BCUT2D eigenvalue weighted by Gasteiger charge is -2.03. The van der Waals surface area contributed by atoms with Crippen LogP contribution in [0.4, 0.5) is 5.82 Å². The largest absolute Gasteiger partial charge is 0.383 e. The van der Waals surface area contributed by atoms with Gasteiger partial charge in [0.1, 0.15) is 10.6 Å². The molecule has 0 spiro atoms. The van der Waals surface area contributed by atoms with Gasteiger partial charge >= 0.3 is 0 Å². The van der Waals surface area contributed by atoms with E-state index in [0.717, 1.165) is 27.5 Å². The molecule has 3 nitrogen and oxygen atoms in total. The normalized spacial score (nSPS) is 11.1. The summed E-state index contributed by atoms with van der Waals surface area (Å²) in [7, 11) is 0. The fourth-order valence-corrected chi connectivity index (χ4v) is 3.58. The van der Waals surface area contributed by atoms with Crippen LogP contribution in [-0.2, 0) is 12.2 Å². The number of aromatic nitrogens is 2. The van der Waals surface area contributed by atoms with Gasteiger partial charge < -0.3 is 5.73 Å². The number of hydrogen-bond acceptors (Lipinski definition) is 5. The van der Waals surface area contributed by atoms with Crippen LogP contribution in [0.3, 0.4) is 0 Å². The number of rotatable bonds is 4. The summed E-state index contributed by atoms with van der Waals surface area (Å²) in [6.45, 7) is 2.16. The van der Waals surface area contributed by atoms with Crippen LogP contribution >= 0.6 is 23.1 Å². The molecule has 0 aliphatic heterocycles. The molecule has 2 N–H and O–H groups in total. The molecule has 0 aliphatic rings. The monoisotopic (exact) mass is 301 g/mol. The lowest BCUT2D eigenvalue weighted by Crippen LogP contribution is -1.95. The van der Waals surface area contributed by atoms with E-state index in [-0.39, 0.29) is 0 Å². The van der Waals surface area contributed by atoms with Gasteiger partial charge in [-0.3, -0.25) is 0 Å². The molecule has 0 radical (unpaired) electrons. The summed E-state index contributed by atoms with van der Waals surface area (Å²) in [5.41, 5.74) is 8.59. The quantitative estimate of drug-likeness (QED) is 0.581. The van der Waals surface area contributed by atoms with E-state index < -0.39 is 0 Å². The Labute approximate surface area is 126 Å². The summed E-state index contributed by atoms with van der Waals surface area (Å²) < 4.78 is 0. The molecule has 0 aliphatic carbocycles. The molecule has 0 unspecified atom stereocenters. The Morgan fingerprint density at radius 2 is 1.85 bits per heavy atom. The first-order valence-electron chi connectivity index (χ1n) is 6.47. The van der Waals surface area contributed by atoms with E-state index in [1.807, 2.05) is 11.4 Å².